The number of fused-ring (bicyclic) bond motifs is 1. The van der Waals surface area contributed by atoms with Gasteiger partial charge in [0.25, 0.3) is 0 Å². The first-order valence-electron chi connectivity index (χ1n) is 10.1. The number of aromatic nitrogens is 4. The Balaban J connectivity index is 1.49. The van der Waals surface area contributed by atoms with E-state index in [0.29, 0.717) is 12.0 Å². The quantitative estimate of drug-likeness (QED) is 0.705. The molecule has 0 aliphatic carbocycles. The molecule has 28 heavy (non-hydrogen) atoms. The molecule has 1 saturated heterocycles. The summed E-state index contributed by atoms with van der Waals surface area (Å²) in [5, 5.41) is 4.31. The molecule has 4 rings (SSSR count). The van der Waals surface area contributed by atoms with Crippen molar-refractivity contribution >= 4 is 28.5 Å². The number of likely N-dealkylation sites (N-methyl/N-ethyl adjacent to an activating group) is 1. The van der Waals surface area contributed by atoms with Gasteiger partial charge in [0.15, 0.2) is 0 Å². The zero-order valence-corrected chi connectivity index (χ0v) is 17.0. The maximum atomic E-state index is 4.74. The average Bonchev–Trinajstić information content (AvgIpc) is 3.13. The SMILES string of the molecule is CCCC(C)n1ccc2cnc(Nc3ccc(N4CCN(C)CC4)cn3)nc21. The summed E-state index contributed by atoms with van der Waals surface area (Å²) < 4.78 is 2.23. The van der Waals surface area contributed by atoms with Crippen LogP contribution in [0.3, 0.4) is 0 Å². The van der Waals surface area contributed by atoms with Crippen molar-refractivity contribution in [2.24, 2.45) is 0 Å². The Kier molecular flexibility index (Phi) is 5.43. The van der Waals surface area contributed by atoms with Crippen LogP contribution in [-0.4, -0.2) is 57.6 Å². The van der Waals surface area contributed by atoms with Gasteiger partial charge in [0.2, 0.25) is 5.95 Å². The summed E-state index contributed by atoms with van der Waals surface area (Å²) in [7, 11) is 2.17. The van der Waals surface area contributed by atoms with Gasteiger partial charge in [-0.15, -0.1) is 0 Å². The Hall–Kier alpha value is -2.67. The molecule has 7 nitrogen and oxygen atoms in total. The number of nitrogens with zero attached hydrogens (tertiary/aromatic N) is 6. The molecule has 0 saturated carbocycles. The van der Waals surface area contributed by atoms with Crippen LogP contribution in [0.25, 0.3) is 11.0 Å². The van der Waals surface area contributed by atoms with Gasteiger partial charge >= 0.3 is 0 Å². The molecule has 4 heterocycles. The lowest BCUT2D eigenvalue weighted by molar-refractivity contribution is 0.313. The molecule has 0 radical (unpaired) electrons. The molecule has 0 amide bonds. The van der Waals surface area contributed by atoms with Gasteiger partial charge in [-0.25, -0.2) is 9.97 Å². The second kappa shape index (κ2) is 8.14. The van der Waals surface area contributed by atoms with Crippen molar-refractivity contribution in [1.82, 2.24) is 24.4 Å². The number of hydrogen-bond acceptors (Lipinski definition) is 6. The number of pyridine rings is 1. The van der Waals surface area contributed by atoms with Crippen LogP contribution in [0.2, 0.25) is 0 Å². The number of anilines is 3. The lowest BCUT2D eigenvalue weighted by Crippen LogP contribution is -2.44. The molecule has 3 aromatic heterocycles. The van der Waals surface area contributed by atoms with E-state index in [2.05, 4.69) is 68.9 Å². The van der Waals surface area contributed by atoms with Crippen LogP contribution in [0.1, 0.15) is 32.7 Å². The largest absolute Gasteiger partial charge is 0.368 e. The zero-order chi connectivity index (χ0) is 19.5. The monoisotopic (exact) mass is 379 g/mol. The molecular formula is C21H29N7. The standard InChI is InChI=1S/C21H29N7/c1-4-5-16(2)28-9-8-17-14-23-21(25-20(17)28)24-19-7-6-18(15-22-19)27-12-10-26(3)11-13-27/h6-9,14-16H,4-5,10-13H2,1-3H3,(H,22,23,24,25). The lowest BCUT2D eigenvalue weighted by atomic mass is 10.2. The fourth-order valence-corrected chi connectivity index (χ4v) is 3.74. The third-order valence-electron chi connectivity index (χ3n) is 5.49. The van der Waals surface area contributed by atoms with Crippen molar-refractivity contribution in [3.05, 3.63) is 36.8 Å². The minimum atomic E-state index is 0.422. The van der Waals surface area contributed by atoms with E-state index in [-0.39, 0.29) is 0 Å². The number of nitrogens with one attached hydrogen (secondary N) is 1. The van der Waals surface area contributed by atoms with Crippen LogP contribution >= 0.6 is 0 Å². The maximum Gasteiger partial charge on any atom is 0.230 e. The third-order valence-corrected chi connectivity index (χ3v) is 5.49. The topological polar surface area (TPSA) is 62.1 Å². The predicted octanol–water partition coefficient (Wildman–Crippen LogP) is 3.68. The fraction of sp³-hybridized carbons (Fsp3) is 0.476. The molecule has 0 bridgehead atoms. The second-order valence-electron chi connectivity index (χ2n) is 7.65. The van der Waals surface area contributed by atoms with Gasteiger partial charge in [-0.3, -0.25) is 0 Å². The van der Waals surface area contributed by atoms with E-state index >= 15 is 0 Å². The molecule has 1 fully saturated rings. The molecule has 3 aromatic rings. The summed E-state index contributed by atoms with van der Waals surface area (Å²) in [6.07, 6.45) is 8.19. The first kappa shape index (κ1) is 18.7. The van der Waals surface area contributed by atoms with Crippen molar-refractivity contribution < 1.29 is 0 Å². The van der Waals surface area contributed by atoms with Gasteiger partial charge in [0.05, 0.1) is 11.9 Å². The van der Waals surface area contributed by atoms with E-state index in [4.69, 9.17) is 4.98 Å². The minimum absolute atomic E-state index is 0.422. The molecule has 7 heteroatoms. The minimum Gasteiger partial charge on any atom is -0.368 e. The smallest absolute Gasteiger partial charge is 0.230 e. The molecular weight excluding hydrogens is 350 g/mol. The zero-order valence-electron chi connectivity index (χ0n) is 17.0. The molecule has 1 atom stereocenters. The second-order valence-corrected chi connectivity index (χ2v) is 7.65. The summed E-state index contributed by atoms with van der Waals surface area (Å²) in [6, 6.07) is 6.62. The van der Waals surface area contributed by atoms with E-state index in [0.717, 1.165) is 61.6 Å². The van der Waals surface area contributed by atoms with E-state index in [1.54, 1.807) is 0 Å². The van der Waals surface area contributed by atoms with Crippen LogP contribution in [0.5, 0.6) is 0 Å². The van der Waals surface area contributed by atoms with Crippen LogP contribution in [0.4, 0.5) is 17.5 Å². The highest BCUT2D eigenvalue weighted by Gasteiger charge is 2.15. The maximum absolute atomic E-state index is 4.74. The highest BCUT2D eigenvalue weighted by molar-refractivity contribution is 5.76. The van der Waals surface area contributed by atoms with Crippen LogP contribution in [-0.2, 0) is 0 Å². The van der Waals surface area contributed by atoms with Gasteiger partial charge in [-0.2, -0.15) is 4.98 Å². The van der Waals surface area contributed by atoms with Gasteiger partial charge in [0.1, 0.15) is 11.5 Å². The molecule has 0 spiro atoms. The van der Waals surface area contributed by atoms with E-state index in [9.17, 15) is 0 Å². The fourth-order valence-electron chi connectivity index (χ4n) is 3.74. The van der Waals surface area contributed by atoms with Crippen LogP contribution < -0.4 is 10.2 Å². The third kappa shape index (κ3) is 3.94. The number of hydrogen-bond donors (Lipinski definition) is 1. The van der Waals surface area contributed by atoms with Crippen LogP contribution in [0.15, 0.2) is 36.8 Å². The highest BCUT2D eigenvalue weighted by atomic mass is 15.3. The molecule has 148 valence electrons. The van der Waals surface area contributed by atoms with Gasteiger partial charge in [-0.1, -0.05) is 13.3 Å². The Bertz CT molecular complexity index is 910. The summed E-state index contributed by atoms with van der Waals surface area (Å²) in [5.41, 5.74) is 2.13. The molecule has 1 N–H and O–H groups in total. The van der Waals surface area contributed by atoms with Gasteiger partial charge in [-0.05, 0) is 38.6 Å². The van der Waals surface area contributed by atoms with Crippen molar-refractivity contribution in [2.75, 3.05) is 43.4 Å². The Labute approximate surface area is 166 Å². The van der Waals surface area contributed by atoms with E-state index in [1.165, 1.54) is 0 Å². The first-order valence-corrected chi connectivity index (χ1v) is 10.1. The highest BCUT2D eigenvalue weighted by Crippen LogP contribution is 2.23. The van der Waals surface area contributed by atoms with Crippen molar-refractivity contribution in [2.45, 2.75) is 32.7 Å². The molecule has 1 unspecified atom stereocenters. The summed E-state index contributed by atoms with van der Waals surface area (Å²) >= 11 is 0. The normalized spacial score (nSPS) is 16.5. The average molecular weight is 380 g/mol. The Morgan fingerprint density at radius 2 is 1.89 bits per heavy atom. The first-order chi connectivity index (χ1) is 13.6. The van der Waals surface area contributed by atoms with Crippen molar-refractivity contribution in [3.63, 3.8) is 0 Å². The molecule has 1 aliphatic heterocycles. The Morgan fingerprint density at radius 3 is 2.61 bits per heavy atom. The Morgan fingerprint density at radius 1 is 1.07 bits per heavy atom. The summed E-state index contributed by atoms with van der Waals surface area (Å²) in [5.74, 6) is 1.34. The van der Waals surface area contributed by atoms with E-state index < -0.39 is 0 Å². The summed E-state index contributed by atoms with van der Waals surface area (Å²) in [6.45, 7) is 8.70. The number of rotatable bonds is 6. The van der Waals surface area contributed by atoms with Gasteiger partial charge in [0, 0.05) is 50.0 Å². The molecule has 0 aromatic carbocycles. The summed E-state index contributed by atoms with van der Waals surface area (Å²) in [4.78, 5) is 18.5. The van der Waals surface area contributed by atoms with E-state index in [1.807, 2.05) is 18.5 Å². The van der Waals surface area contributed by atoms with Gasteiger partial charge < -0.3 is 19.7 Å². The molecule has 1 aliphatic rings. The predicted molar refractivity (Wildman–Crippen MR) is 114 cm³/mol. The number of piperazine rings is 1. The van der Waals surface area contributed by atoms with Crippen LogP contribution in [0, 0.1) is 0 Å². The van der Waals surface area contributed by atoms with Crippen molar-refractivity contribution in [3.8, 4) is 0 Å². The lowest BCUT2D eigenvalue weighted by Gasteiger charge is -2.33. The van der Waals surface area contributed by atoms with Crippen molar-refractivity contribution in [1.29, 1.82) is 0 Å².